The van der Waals surface area contributed by atoms with E-state index in [-0.39, 0.29) is 30.5 Å². The first-order valence-corrected chi connectivity index (χ1v) is 8.93. The van der Waals surface area contributed by atoms with E-state index in [2.05, 4.69) is 5.32 Å². The van der Waals surface area contributed by atoms with Gasteiger partial charge in [-0.25, -0.2) is 17.5 Å². The number of rotatable bonds is 5. The van der Waals surface area contributed by atoms with Crippen molar-refractivity contribution in [2.24, 2.45) is 0 Å². The predicted octanol–water partition coefficient (Wildman–Crippen LogP) is 2.02. The number of piperazine rings is 1. The third kappa shape index (κ3) is 5.93. The average Bonchev–Trinajstić information content (AvgIpc) is 2.49. The first-order chi connectivity index (χ1) is 11.1. The Morgan fingerprint density at radius 3 is 2.44 bits per heavy atom. The van der Waals surface area contributed by atoms with E-state index in [1.54, 1.807) is 0 Å². The van der Waals surface area contributed by atoms with Crippen molar-refractivity contribution in [3.63, 3.8) is 0 Å². The summed E-state index contributed by atoms with van der Waals surface area (Å²) >= 11 is 5.71. The van der Waals surface area contributed by atoms with Crippen LogP contribution in [0.25, 0.3) is 0 Å². The third-order valence-electron chi connectivity index (χ3n) is 3.62. The van der Waals surface area contributed by atoms with Crippen LogP contribution in [-0.2, 0) is 10.0 Å². The van der Waals surface area contributed by atoms with Gasteiger partial charge in [0, 0.05) is 32.7 Å². The topological polar surface area (TPSA) is 61.4 Å². The summed E-state index contributed by atoms with van der Waals surface area (Å²) in [5.74, 6) is -0.853. The Labute approximate surface area is 154 Å². The molecule has 0 aliphatic carbocycles. The standard InChI is InChI=1S/C13H16ClF4N3O2S.ClH/c14-10-2-1-9(15)7-11(10)24(22,23)20-8-12(13(16,17)18)21-5-3-19-4-6-21;/h1-2,7,12,19-20H,3-6,8H2;1H. The molecule has 12 heteroatoms. The number of nitrogens with zero attached hydrogens (tertiary/aromatic N) is 1. The second-order valence-corrected chi connectivity index (χ2v) is 7.41. The Bertz CT molecular complexity index is 682. The van der Waals surface area contributed by atoms with Gasteiger partial charge in [-0.2, -0.15) is 13.2 Å². The molecule has 1 atom stereocenters. The molecule has 144 valence electrons. The highest BCUT2D eigenvalue weighted by atomic mass is 35.5. The van der Waals surface area contributed by atoms with Gasteiger partial charge in [-0.1, -0.05) is 11.6 Å². The fourth-order valence-corrected chi connectivity index (χ4v) is 3.94. The van der Waals surface area contributed by atoms with Crippen LogP contribution >= 0.6 is 24.0 Å². The summed E-state index contributed by atoms with van der Waals surface area (Å²) in [5, 5.41) is 2.66. The van der Waals surface area contributed by atoms with Gasteiger partial charge in [-0.3, -0.25) is 4.90 Å². The number of hydrogen-bond acceptors (Lipinski definition) is 4. The Kier molecular flexibility index (Phi) is 7.91. The Hall–Kier alpha value is -0.650. The minimum absolute atomic E-state index is 0. The first kappa shape index (κ1) is 22.4. The van der Waals surface area contributed by atoms with Gasteiger partial charge < -0.3 is 5.32 Å². The molecule has 5 nitrogen and oxygen atoms in total. The number of nitrogens with one attached hydrogen (secondary N) is 2. The van der Waals surface area contributed by atoms with E-state index in [1.807, 2.05) is 4.72 Å². The normalized spacial score (nSPS) is 17.8. The molecule has 1 aliphatic rings. The highest BCUT2D eigenvalue weighted by Gasteiger charge is 2.44. The quantitative estimate of drug-likeness (QED) is 0.708. The molecule has 2 rings (SSSR count). The zero-order chi connectivity index (χ0) is 18.0. The molecule has 0 aromatic heterocycles. The summed E-state index contributed by atoms with van der Waals surface area (Å²) in [4.78, 5) is 0.567. The number of benzene rings is 1. The fourth-order valence-electron chi connectivity index (χ4n) is 2.40. The molecule has 1 fully saturated rings. The summed E-state index contributed by atoms with van der Waals surface area (Å²) < 4.78 is 79.1. The van der Waals surface area contributed by atoms with Crippen molar-refractivity contribution in [2.75, 3.05) is 32.7 Å². The minimum atomic E-state index is -4.61. The Balaban J connectivity index is 0.00000312. The molecule has 0 saturated carbocycles. The SMILES string of the molecule is Cl.O=S(=O)(NCC(N1CCNCC1)C(F)(F)F)c1cc(F)ccc1Cl. The second-order valence-electron chi connectivity index (χ2n) is 5.27. The molecule has 0 spiro atoms. The average molecular weight is 426 g/mol. The lowest BCUT2D eigenvalue weighted by molar-refractivity contribution is -0.182. The summed E-state index contributed by atoms with van der Waals surface area (Å²) in [6.45, 7) is 0.183. The lowest BCUT2D eigenvalue weighted by atomic mass is 10.2. The van der Waals surface area contributed by atoms with E-state index >= 15 is 0 Å². The van der Waals surface area contributed by atoms with Crippen LogP contribution in [0.1, 0.15) is 0 Å². The summed E-state index contributed by atoms with van der Waals surface area (Å²) in [7, 11) is -4.37. The lowest BCUT2D eigenvalue weighted by Gasteiger charge is -2.35. The molecule has 1 saturated heterocycles. The van der Waals surface area contributed by atoms with Crippen LogP contribution in [0.4, 0.5) is 17.6 Å². The highest BCUT2D eigenvalue weighted by molar-refractivity contribution is 7.89. The van der Waals surface area contributed by atoms with Gasteiger partial charge in [0.15, 0.2) is 0 Å². The van der Waals surface area contributed by atoms with Crippen LogP contribution in [-0.4, -0.2) is 58.3 Å². The summed E-state index contributed by atoms with van der Waals surface area (Å²) in [6.07, 6.45) is -4.61. The smallest absolute Gasteiger partial charge is 0.314 e. The van der Waals surface area contributed by atoms with Crippen molar-refractivity contribution < 1.29 is 26.0 Å². The molecule has 1 aliphatic heterocycles. The molecule has 2 N–H and O–H groups in total. The maximum atomic E-state index is 13.2. The van der Waals surface area contributed by atoms with E-state index < -0.39 is 39.5 Å². The van der Waals surface area contributed by atoms with Gasteiger partial charge in [0.05, 0.1) is 5.02 Å². The fraction of sp³-hybridized carbons (Fsp3) is 0.538. The summed E-state index contributed by atoms with van der Waals surface area (Å²) in [5.41, 5.74) is 0. The molecule has 1 heterocycles. The van der Waals surface area contributed by atoms with Gasteiger partial charge in [-0.05, 0) is 18.2 Å². The van der Waals surface area contributed by atoms with Crippen molar-refractivity contribution in [3.8, 4) is 0 Å². The number of alkyl halides is 3. The van der Waals surface area contributed by atoms with Crippen LogP contribution < -0.4 is 10.0 Å². The second kappa shape index (κ2) is 8.83. The van der Waals surface area contributed by atoms with Crippen molar-refractivity contribution >= 4 is 34.0 Å². The monoisotopic (exact) mass is 425 g/mol. The lowest BCUT2D eigenvalue weighted by Crippen LogP contribution is -2.57. The molecule has 0 amide bonds. The van der Waals surface area contributed by atoms with Crippen LogP contribution in [0.2, 0.25) is 5.02 Å². The maximum absolute atomic E-state index is 13.2. The first-order valence-electron chi connectivity index (χ1n) is 7.07. The largest absolute Gasteiger partial charge is 0.405 e. The molecule has 0 radical (unpaired) electrons. The molecule has 0 bridgehead atoms. The van der Waals surface area contributed by atoms with E-state index in [4.69, 9.17) is 11.6 Å². The molecule has 1 aromatic rings. The Morgan fingerprint density at radius 1 is 1.28 bits per heavy atom. The molecular weight excluding hydrogens is 409 g/mol. The van der Waals surface area contributed by atoms with E-state index in [0.717, 1.165) is 17.0 Å². The van der Waals surface area contributed by atoms with E-state index in [9.17, 15) is 26.0 Å². The molecule has 25 heavy (non-hydrogen) atoms. The van der Waals surface area contributed by atoms with Crippen LogP contribution in [0, 0.1) is 5.82 Å². The van der Waals surface area contributed by atoms with Crippen molar-refractivity contribution in [1.82, 2.24) is 14.9 Å². The minimum Gasteiger partial charge on any atom is -0.314 e. The van der Waals surface area contributed by atoms with Gasteiger partial charge >= 0.3 is 6.18 Å². The van der Waals surface area contributed by atoms with Gasteiger partial charge in [0.1, 0.15) is 16.8 Å². The Morgan fingerprint density at radius 2 is 1.88 bits per heavy atom. The molecule has 1 aromatic carbocycles. The van der Waals surface area contributed by atoms with Crippen molar-refractivity contribution in [1.29, 1.82) is 0 Å². The van der Waals surface area contributed by atoms with Gasteiger partial charge in [0.2, 0.25) is 10.0 Å². The van der Waals surface area contributed by atoms with Gasteiger partial charge in [0.25, 0.3) is 0 Å². The number of halogens is 6. The van der Waals surface area contributed by atoms with Crippen LogP contribution in [0.3, 0.4) is 0 Å². The number of hydrogen-bond donors (Lipinski definition) is 2. The molecular formula is C13H17Cl2F4N3O2S. The van der Waals surface area contributed by atoms with Crippen LogP contribution in [0.5, 0.6) is 0 Å². The van der Waals surface area contributed by atoms with Crippen molar-refractivity contribution in [3.05, 3.63) is 29.0 Å². The van der Waals surface area contributed by atoms with E-state index in [0.29, 0.717) is 19.2 Å². The predicted molar refractivity (Wildman–Crippen MR) is 88.1 cm³/mol. The van der Waals surface area contributed by atoms with Crippen molar-refractivity contribution in [2.45, 2.75) is 17.1 Å². The zero-order valence-electron chi connectivity index (χ0n) is 12.8. The zero-order valence-corrected chi connectivity index (χ0v) is 15.2. The number of sulfonamides is 1. The third-order valence-corrected chi connectivity index (χ3v) is 5.52. The molecule has 1 unspecified atom stereocenters. The maximum Gasteiger partial charge on any atom is 0.405 e. The van der Waals surface area contributed by atoms with Gasteiger partial charge in [-0.15, -0.1) is 12.4 Å². The van der Waals surface area contributed by atoms with Crippen LogP contribution in [0.15, 0.2) is 23.1 Å². The summed E-state index contributed by atoms with van der Waals surface area (Å²) in [6, 6.07) is 0.684. The van der Waals surface area contributed by atoms with E-state index in [1.165, 1.54) is 0 Å². The highest BCUT2D eigenvalue weighted by Crippen LogP contribution is 2.26.